The Hall–Kier alpha value is -1.51. The van der Waals surface area contributed by atoms with Crippen LogP contribution in [-0.4, -0.2) is 54.7 Å². The molecule has 4 rings (SSSR count). The van der Waals surface area contributed by atoms with Gasteiger partial charge in [0.15, 0.2) is 17.9 Å². The zero-order valence-electron chi connectivity index (χ0n) is 15.4. The van der Waals surface area contributed by atoms with Gasteiger partial charge in [0.2, 0.25) is 0 Å². The smallest absolute Gasteiger partial charge is 0.251 e. The Morgan fingerprint density at radius 2 is 1.54 bits per heavy atom. The fraction of sp³-hybridized carbons (Fsp3) is 0.632. The van der Waals surface area contributed by atoms with Crippen molar-refractivity contribution in [2.24, 2.45) is 0 Å². The summed E-state index contributed by atoms with van der Waals surface area (Å²) in [5, 5.41) is 2.91. The lowest BCUT2D eigenvalue weighted by Gasteiger charge is -2.37. The van der Waals surface area contributed by atoms with Crippen LogP contribution < -0.4 is 5.32 Å². The molecule has 5 atom stereocenters. The molecule has 0 radical (unpaired) electrons. The Balaban J connectivity index is 1.48. The summed E-state index contributed by atoms with van der Waals surface area (Å²) in [5.41, 5.74) is 0.600. The third kappa shape index (κ3) is 3.37. The third-order valence-corrected chi connectivity index (χ3v) is 4.75. The molecule has 3 heterocycles. The first kappa shape index (κ1) is 17.9. The number of rotatable bonds is 3. The van der Waals surface area contributed by atoms with Crippen LogP contribution in [0.4, 0.5) is 0 Å². The first-order valence-corrected chi connectivity index (χ1v) is 8.94. The van der Waals surface area contributed by atoms with Gasteiger partial charge in [-0.15, -0.1) is 0 Å². The van der Waals surface area contributed by atoms with E-state index in [0.717, 1.165) is 0 Å². The van der Waals surface area contributed by atoms with Crippen LogP contribution in [0.3, 0.4) is 0 Å². The van der Waals surface area contributed by atoms with Crippen LogP contribution in [0.5, 0.6) is 0 Å². The van der Waals surface area contributed by atoms with Crippen molar-refractivity contribution < 1.29 is 28.5 Å². The molecule has 7 heteroatoms. The van der Waals surface area contributed by atoms with Crippen molar-refractivity contribution in [1.29, 1.82) is 0 Å². The number of nitrogens with one attached hydrogen (secondary N) is 1. The lowest BCUT2D eigenvalue weighted by Crippen LogP contribution is -2.57. The summed E-state index contributed by atoms with van der Waals surface area (Å²) in [5.74, 6) is -1.65. The monoisotopic (exact) mass is 363 g/mol. The van der Waals surface area contributed by atoms with Gasteiger partial charge in [-0.1, -0.05) is 18.2 Å². The molecule has 7 nitrogen and oxygen atoms in total. The minimum absolute atomic E-state index is 0.157. The van der Waals surface area contributed by atoms with Crippen molar-refractivity contribution in [3.05, 3.63) is 35.9 Å². The Labute approximate surface area is 152 Å². The van der Waals surface area contributed by atoms with E-state index in [4.69, 9.17) is 23.7 Å². The number of carbonyl (C=O) groups is 1. The molecule has 0 unspecified atom stereocenters. The van der Waals surface area contributed by atoms with E-state index in [0.29, 0.717) is 12.1 Å². The van der Waals surface area contributed by atoms with Crippen LogP contribution in [0.15, 0.2) is 30.3 Å². The van der Waals surface area contributed by atoms with Crippen LogP contribution in [0, 0.1) is 0 Å². The fourth-order valence-electron chi connectivity index (χ4n) is 3.74. The highest BCUT2D eigenvalue weighted by molar-refractivity contribution is 5.94. The van der Waals surface area contributed by atoms with Crippen molar-refractivity contribution in [2.75, 3.05) is 6.54 Å². The van der Waals surface area contributed by atoms with E-state index >= 15 is 0 Å². The van der Waals surface area contributed by atoms with E-state index in [2.05, 4.69) is 5.32 Å². The Morgan fingerprint density at radius 3 is 2.27 bits per heavy atom. The molecule has 3 aliphatic rings. The number of carbonyl (C=O) groups excluding carboxylic acids is 1. The molecular formula is C19H25NO6. The minimum atomic E-state index is -0.752. The first-order valence-electron chi connectivity index (χ1n) is 8.94. The van der Waals surface area contributed by atoms with Crippen LogP contribution in [0.25, 0.3) is 0 Å². The summed E-state index contributed by atoms with van der Waals surface area (Å²) in [4.78, 5) is 12.3. The zero-order valence-corrected chi connectivity index (χ0v) is 15.4. The minimum Gasteiger partial charge on any atom is -0.349 e. The topological polar surface area (TPSA) is 75.3 Å². The zero-order chi connectivity index (χ0) is 18.5. The van der Waals surface area contributed by atoms with Gasteiger partial charge >= 0.3 is 0 Å². The first-order chi connectivity index (χ1) is 12.2. The fourth-order valence-corrected chi connectivity index (χ4v) is 3.74. The van der Waals surface area contributed by atoms with Gasteiger partial charge in [-0.3, -0.25) is 4.79 Å². The molecule has 0 saturated carbocycles. The van der Waals surface area contributed by atoms with Crippen molar-refractivity contribution in [2.45, 2.75) is 70.0 Å². The number of ether oxygens (including phenoxy) is 5. The summed E-state index contributed by atoms with van der Waals surface area (Å²) in [7, 11) is 0. The summed E-state index contributed by atoms with van der Waals surface area (Å²) in [6.07, 6.45) is -1.97. The Morgan fingerprint density at radius 1 is 0.923 bits per heavy atom. The van der Waals surface area contributed by atoms with E-state index < -0.39 is 24.0 Å². The average Bonchev–Trinajstić information content (AvgIpc) is 3.07. The van der Waals surface area contributed by atoms with Crippen LogP contribution >= 0.6 is 0 Å². The van der Waals surface area contributed by atoms with E-state index in [9.17, 15) is 4.79 Å². The third-order valence-electron chi connectivity index (χ3n) is 4.75. The largest absolute Gasteiger partial charge is 0.349 e. The van der Waals surface area contributed by atoms with Crippen LogP contribution in [0.2, 0.25) is 0 Å². The molecule has 3 fully saturated rings. The number of benzene rings is 1. The molecule has 3 aliphatic heterocycles. The van der Waals surface area contributed by atoms with Crippen molar-refractivity contribution in [3.63, 3.8) is 0 Å². The highest BCUT2D eigenvalue weighted by Crippen LogP contribution is 2.43. The van der Waals surface area contributed by atoms with Gasteiger partial charge in [-0.2, -0.15) is 0 Å². The van der Waals surface area contributed by atoms with E-state index in [1.54, 1.807) is 12.1 Å². The summed E-state index contributed by atoms with van der Waals surface area (Å²) < 4.78 is 30.0. The molecule has 0 spiro atoms. The maximum Gasteiger partial charge on any atom is 0.251 e. The highest BCUT2D eigenvalue weighted by Gasteiger charge is 2.60. The quantitative estimate of drug-likeness (QED) is 0.883. The van der Waals surface area contributed by atoms with Gasteiger partial charge in [0.05, 0.1) is 0 Å². The van der Waals surface area contributed by atoms with Gasteiger partial charge in [0, 0.05) is 12.1 Å². The lowest BCUT2D eigenvalue weighted by molar-refractivity contribution is -0.232. The predicted octanol–water partition coefficient (Wildman–Crippen LogP) is 1.81. The van der Waals surface area contributed by atoms with Gasteiger partial charge in [-0.05, 0) is 39.8 Å². The average molecular weight is 363 g/mol. The number of hydrogen-bond acceptors (Lipinski definition) is 6. The molecule has 1 aromatic rings. The van der Waals surface area contributed by atoms with E-state index in [1.165, 1.54) is 0 Å². The summed E-state index contributed by atoms with van der Waals surface area (Å²) in [6, 6.07) is 9.07. The lowest BCUT2D eigenvalue weighted by atomic mass is 9.99. The molecule has 0 bridgehead atoms. The number of amides is 1. The standard InChI is InChI=1S/C19H25NO6/c1-18(2)23-13-12(10-20-16(21)11-8-6-5-7-9-11)22-17-15(14(13)24-18)25-19(3,4)26-17/h5-9,12-15,17H,10H2,1-4H3,(H,20,21)/t12-,13+,14+,15-,17-/m1/s1. The molecule has 1 aromatic carbocycles. The van der Waals surface area contributed by atoms with Crippen molar-refractivity contribution in [1.82, 2.24) is 5.32 Å². The SMILES string of the molecule is CC1(C)O[C@H]2[C@@H](O1)[C@@H](CNC(=O)c1ccccc1)O[C@@H]1OC(C)(C)O[C@@H]12. The second-order valence-electron chi connectivity index (χ2n) is 7.78. The molecule has 3 saturated heterocycles. The maximum atomic E-state index is 12.3. The Bertz CT molecular complexity index is 676. The van der Waals surface area contributed by atoms with Gasteiger partial charge in [-0.25, -0.2) is 0 Å². The van der Waals surface area contributed by atoms with Gasteiger partial charge in [0.25, 0.3) is 5.91 Å². The van der Waals surface area contributed by atoms with Gasteiger partial charge in [0.1, 0.15) is 24.4 Å². The maximum absolute atomic E-state index is 12.3. The number of fused-ring (bicyclic) bond motifs is 3. The molecule has 1 amide bonds. The molecule has 1 N–H and O–H groups in total. The van der Waals surface area contributed by atoms with E-state index in [-0.39, 0.29) is 24.2 Å². The molecule has 26 heavy (non-hydrogen) atoms. The van der Waals surface area contributed by atoms with Crippen LogP contribution in [-0.2, 0) is 23.7 Å². The molecule has 142 valence electrons. The summed E-state index contributed by atoms with van der Waals surface area (Å²) in [6.45, 7) is 7.71. The summed E-state index contributed by atoms with van der Waals surface area (Å²) >= 11 is 0. The van der Waals surface area contributed by atoms with Crippen molar-refractivity contribution >= 4 is 5.91 Å². The molecular weight excluding hydrogens is 338 g/mol. The normalized spacial score (nSPS) is 37.0. The Kier molecular flexibility index (Phi) is 4.32. The second-order valence-corrected chi connectivity index (χ2v) is 7.78. The molecule has 0 aliphatic carbocycles. The van der Waals surface area contributed by atoms with Gasteiger partial charge < -0.3 is 29.0 Å². The second kappa shape index (κ2) is 6.28. The van der Waals surface area contributed by atoms with Crippen molar-refractivity contribution in [3.8, 4) is 0 Å². The number of hydrogen-bond donors (Lipinski definition) is 1. The van der Waals surface area contributed by atoms with E-state index in [1.807, 2.05) is 45.9 Å². The highest BCUT2D eigenvalue weighted by atomic mass is 16.9. The van der Waals surface area contributed by atoms with Crippen LogP contribution in [0.1, 0.15) is 38.1 Å². The predicted molar refractivity (Wildman–Crippen MR) is 91.3 cm³/mol. The molecule has 0 aromatic heterocycles.